The maximum atomic E-state index is 13.0. The van der Waals surface area contributed by atoms with Crippen molar-refractivity contribution < 1.29 is 9.53 Å². The number of carbonyl (C=O) groups excluding carboxylic acids is 1. The van der Waals surface area contributed by atoms with Crippen molar-refractivity contribution in [3.05, 3.63) is 41.6 Å². The van der Waals surface area contributed by atoms with Crippen molar-refractivity contribution in [3.8, 4) is 11.1 Å². The van der Waals surface area contributed by atoms with Gasteiger partial charge < -0.3 is 10.1 Å². The Bertz CT molecular complexity index is 926. The monoisotopic (exact) mass is 363 g/mol. The van der Waals surface area contributed by atoms with Crippen LogP contribution in [-0.2, 0) is 9.53 Å². The van der Waals surface area contributed by atoms with Gasteiger partial charge in [0.1, 0.15) is 5.82 Å². The number of nitrogens with zero attached hydrogens (tertiary/aromatic N) is 2. The Kier molecular flexibility index (Phi) is 3.76. The Morgan fingerprint density at radius 3 is 2.74 bits per heavy atom. The van der Waals surface area contributed by atoms with E-state index in [0.717, 1.165) is 30.3 Å². The molecule has 2 aliphatic heterocycles. The third kappa shape index (κ3) is 2.27. The fourth-order valence-electron chi connectivity index (χ4n) is 5.25. The van der Waals surface area contributed by atoms with Crippen molar-refractivity contribution in [1.29, 1.82) is 0 Å². The summed E-state index contributed by atoms with van der Waals surface area (Å²) in [6.45, 7) is 6.31. The zero-order valence-corrected chi connectivity index (χ0v) is 16.0. The predicted octanol–water partition coefficient (Wildman–Crippen LogP) is 3.44. The van der Waals surface area contributed by atoms with Gasteiger partial charge in [0, 0.05) is 48.4 Å². The first-order valence-corrected chi connectivity index (χ1v) is 9.82. The Balaban J connectivity index is 1.64. The minimum Gasteiger partial charge on any atom is -0.388 e. The molecule has 3 aliphatic rings. The highest BCUT2D eigenvalue weighted by atomic mass is 16.5. The smallest absolute Gasteiger partial charge is 0.232 e. The van der Waals surface area contributed by atoms with E-state index < -0.39 is 0 Å². The van der Waals surface area contributed by atoms with Gasteiger partial charge in [-0.1, -0.05) is 6.07 Å². The molecule has 5 heteroatoms. The van der Waals surface area contributed by atoms with Gasteiger partial charge in [-0.3, -0.25) is 9.69 Å². The number of ether oxygens (including phenoxy) is 1. The fraction of sp³-hybridized carbons (Fsp3) is 0.455. The van der Waals surface area contributed by atoms with Crippen LogP contribution in [0.5, 0.6) is 0 Å². The van der Waals surface area contributed by atoms with Crippen molar-refractivity contribution >= 4 is 17.4 Å². The predicted molar refractivity (Wildman–Crippen MR) is 106 cm³/mol. The molecular formula is C22H25N3O2. The number of benzene rings is 1. The summed E-state index contributed by atoms with van der Waals surface area (Å²) in [5.74, 6) is 2.23. The number of aryl methyl sites for hydroxylation is 1. The lowest BCUT2D eigenvalue weighted by atomic mass is 9.54. The van der Waals surface area contributed by atoms with Crippen LogP contribution in [0.4, 0.5) is 11.5 Å². The molecule has 5 nitrogen and oxygen atoms in total. The number of aromatic nitrogens is 1. The quantitative estimate of drug-likeness (QED) is 0.908. The van der Waals surface area contributed by atoms with Gasteiger partial charge in [-0.15, -0.1) is 0 Å². The number of pyridine rings is 1. The van der Waals surface area contributed by atoms with Crippen LogP contribution in [0.2, 0.25) is 0 Å². The van der Waals surface area contributed by atoms with Gasteiger partial charge in [0.2, 0.25) is 5.91 Å². The highest BCUT2D eigenvalue weighted by Gasteiger charge is 2.60. The number of rotatable bonds is 3. The molecule has 5 rings (SSSR count). The van der Waals surface area contributed by atoms with Gasteiger partial charge >= 0.3 is 0 Å². The second-order valence-electron chi connectivity index (χ2n) is 7.92. The second-order valence-corrected chi connectivity index (χ2v) is 7.92. The first-order chi connectivity index (χ1) is 13.1. The van der Waals surface area contributed by atoms with E-state index in [0.29, 0.717) is 18.4 Å². The van der Waals surface area contributed by atoms with Gasteiger partial charge in [0.05, 0.1) is 19.1 Å². The number of fused-ring (bicyclic) bond motifs is 6. The van der Waals surface area contributed by atoms with Crippen LogP contribution < -0.4 is 10.2 Å². The van der Waals surface area contributed by atoms with E-state index in [-0.39, 0.29) is 17.7 Å². The molecule has 0 bridgehead atoms. The molecule has 4 atom stereocenters. The van der Waals surface area contributed by atoms with E-state index >= 15 is 0 Å². The molecule has 2 unspecified atom stereocenters. The summed E-state index contributed by atoms with van der Waals surface area (Å²) in [6, 6.07) is 8.66. The summed E-state index contributed by atoms with van der Waals surface area (Å²) in [7, 11) is 1.93. The lowest BCUT2D eigenvalue weighted by Gasteiger charge is -2.52. The molecule has 0 radical (unpaired) electrons. The van der Waals surface area contributed by atoms with E-state index in [1.165, 1.54) is 16.7 Å². The standard InChI is InChI=1S/C22H25N3O2/c1-4-25-21-16(19-17-10-27-11-18(17)20(19)22(25)26)7-13(9-24-21)15-8-14(23-3)6-5-12(15)2/h5-9,17-20,23H,4,10-11H2,1-3H3/t17-,18+,19?,20?/m1/s1. The highest BCUT2D eigenvalue weighted by Crippen LogP contribution is 2.59. The molecule has 1 saturated carbocycles. The second kappa shape index (κ2) is 6.06. The molecule has 1 saturated heterocycles. The highest BCUT2D eigenvalue weighted by molar-refractivity contribution is 5.99. The number of hydrogen-bond donors (Lipinski definition) is 1. The summed E-state index contributed by atoms with van der Waals surface area (Å²) in [4.78, 5) is 19.7. The van der Waals surface area contributed by atoms with Crippen LogP contribution in [0, 0.1) is 24.7 Å². The summed E-state index contributed by atoms with van der Waals surface area (Å²) >= 11 is 0. The lowest BCUT2D eigenvalue weighted by Crippen LogP contribution is -2.57. The largest absolute Gasteiger partial charge is 0.388 e. The molecule has 3 heterocycles. The summed E-state index contributed by atoms with van der Waals surface area (Å²) in [5.41, 5.74) is 5.84. The van der Waals surface area contributed by atoms with Crippen molar-refractivity contribution in [2.75, 3.05) is 37.0 Å². The van der Waals surface area contributed by atoms with Crippen LogP contribution in [0.3, 0.4) is 0 Å². The molecule has 1 N–H and O–H groups in total. The molecule has 1 aromatic heterocycles. The molecule has 27 heavy (non-hydrogen) atoms. The van der Waals surface area contributed by atoms with Crippen LogP contribution >= 0.6 is 0 Å². The van der Waals surface area contributed by atoms with Gasteiger partial charge in [-0.05, 0) is 49.1 Å². The van der Waals surface area contributed by atoms with E-state index in [1.54, 1.807) is 0 Å². The number of nitrogens with one attached hydrogen (secondary N) is 1. The van der Waals surface area contributed by atoms with E-state index in [9.17, 15) is 4.79 Å². The van der Waals surface area contributed by atoms with Crippen molar-refractivity contribution in [2.24, 2.45) is 17.8 Å². The third-order valence-electron chi connectivity index (χ3n) is 6.69. The van der Waals surface area contributed by atoms with Crippen LogP contribution in [0.25, 0.3) is 11.1 Å². The molecule has 0 spiro atoms. The minimum atomic E-state index is 0.0618. The number of carbonyl (C=O) groups is 1. The molecule has 1 aliphatic carbocycles. The molecule has 1 aromatic carbocycles. The Labute approximate surface area is 159 Å². The number of hydrogen-bond acceptors (Lipinski definition) is 4. The maximum absolute atomic E-state index is 13.0. The summed E-state index contributed by atoms with van der Waals surface area (Å²) < 4.78 is 5.72. The van der Waals surface area contributed by atoms with Crippen LogP contribution in [0.1, 0.15) is 24.0 Å². The van der Waals surface area contributed by atoms with E-state index in [2.05, 4.69) is 36.5 Å². The Hall–Kier alpha value is -2.40. The normalized spacial score (nSPS) is 28.3. The molecule has 2 aromatic rings. The van der Waals surface area contributed by atoms with Crippen LogP contribution in [-0.4, -0.2) is 37.7 Å². The van der Waals surface area contributed by atoms with Crippen LogP contribution in [0.15, 0.2) is 30.5 Å². The Morgan fingerprint density at radius 2 is 2.00 bits per heavy atom. The minimum absolute atomic E-state index is 0.0618. The Morgan fingerprint density at radius 1 is 1.22 bits per heavy atom. The molecule has 2 fully saturated rings. The number of anilines is 2. The first kappa shape index (κ1) is 16.8. The topological polar surface area (TPSA) is 54.5 Å². The fourth-order valence-corrected chi connectivity index (χ4v) is 5.25. The average molecular weight is 363 g/mol. The SMILES string of the molecule is CCN1C(=O)C2C(c3cc(-c4cc(NC)ccc4C)cnc31)[C@@H]1COC[C@H]21. The van der Waals surface area contributed by atoms with Crippen molar-refractivity contribution in [3.63, 3.8) is 0 Å². The maximum Gasteiger partial charge on any atom is 0.232 e. The van der Waals surface area contributed by atoms with Crippen molar-refractivity contribution in [1.82, 2.24) is 4.98 Å². The van der Waals surface area contributed by atoms with E-state index in [4.69, 9.17) is 9.72 Å². The summed E-state index contributed by atoms with van der Waals surface area (Å²) in [5, 5.41) is 3.22. The lowest BCUT2D eigenvalue weighted by molar-refractivity contribution is -0.132. The summed E-state index contributed by atoms with van der Waals surface area (Å²) in [6.07, 6.45) is 1.91. The average Bonchev–Trinajstić information content (AvgIpc) is 3.07. The van der Waals surface area contributed by atoms with Gasteiger partial charge in [-0.25, -0.2) is 4.98 Å². The first-order valence-electron chi connectivity index (χ1n) is 9.82. The van der Waals surface area contributed by atoms with E-state index in [1.807, 2.05) is 25.1 Å². The van der Waals surface area contributed by atoms with Gasteiger partial charge in [0.15, 0.2) is 0 Å². The van der Waals surface area contributed by atoms with Gasteiger partial charge in [0.25, 0.3) is 0 Å². The van der Waals surface area contributed by atoms with Gasteiger partial charge in [-0.2, -0.15) is 0 Å². The zero-order chi connectivity index (χ0) is 18.7. The molecular weight excluding hydrogens is 338 g/mol. The molecule has 140 valence electrons. The third-order valence-corrected chi connectivity index (χ3v) is 6.69. The molecule has 1 amide bonds. The number of amides is 1. The van der Waals surface area contributed by atoms with Crippen molar-refractivity contribution in [2.45, 2.75) is 19.8 Å². The zero-order valence-electron chi connectivity index (χ0n) is 16.0.